The molecule has 3 heteroatoms. The van der Waals surface area contributed by atoms with Crippen LogP contribution in [0.3, 0.4) is 0 Å². The fourth-order valence-corrected chi connectivity index (χ4v) is 3.20. The molecular formula is C19H22N2O. The molecule has 0 radical (unpaired) electrons. The van der Waals surface area contributed by atoms with Crippen LogP contribution < -0.4 is 11.1 Å². The van der Waals surface area contributed by atoms with Gasteiger partial charge in [-0.15, -0.1) is 0 Å². The van der Waals surface area contributed by atoms with Crippen molar-refractivity contribution in [3.8, 4) is 0 Å². The largest absolute Gasteiger partial charge is 0.369 e. The molecule has 0 bridgehead atoms. The van der Waals surface area contributed by atoms with Crippen molar-refractivity contribution in [1.82, 2.24) is 5.32 Å². The molecule has 3 nitrogen and oxygen atoms in total. The number of nitrogens with one attached hydrogen (secondary N) is 1. The molecule has 22 heavy (non-hydrogen) atoms. The maximum atomic E-state index is 11.2. The Hall–Kier alpha value is -2.13. The summed E-state index contributed by atoms with van der Waals surface area (Å²) in [7, 11) is 0. The van der Waals surface area contributed by atoms with E-state index in [1.807, 2.05) is 12.1 Å². The number of amides is 1. The van der Waals surface area contributed by atoms with Gasteiger partial charge in [0.25, 0.3) is 0 Å². The molecule has 1 amide bonds. The highest BCUT2D eigenvalue weighted by molar-refractivity contribution is 5.76. The lowest BCUT2D eigenvalue weighted by Gasteiger charge is -2.20. The lowest BCUT2D eigenvalue weighted by atomic mass is 9.92. The number of aryl methyl sites for hydroxylation is 1. The van der Waals surface area contributed by atoms with Crippen molar-refractivity contribution >= 4 is 5.91 Å². The SMILES string of the molecule is NC(=O)Cc1ccc2c(c1)C(Cc1ccccc1)NCCC2. The van der Waals surface area contributed by atoms with Crippen LogP contribution in [0.25, 0.3) is 0 Å². The van der Waals surface area contributed by atoms with Crippen molar-refractivity contribution in [2.45, 2.75) is 31.7 Å². The van der Waals surface area contributed by atoms with E-state index in [-0.39, 0.29) is 5.91 Å². The molecule has 0 aromatic heterocycles. The molecule has 0 spiro atoms. The third-order valence-corrected chi connectivity index (χ3v) is 4.26. The molecule has 114 valence electrons. The number of fused-ring (bicyclic) bond motifs is 1. The van der Waals surface area contributed by atoms with Gasteiger partial charge in [-0.1, -0.05) is 48.5 Å². The van der Waals surface area contributed by atoms with Crippen LogP contribution in [0.5, 0.6) is 0 Å². The second kappa shape index (κ2) is 6.75. The molecule has 0 fully saturated rings. The molecule has 3 N–H and O–H groups in total. The molecule has 1 aliphatic rings. The minimum absolute atomic E-state index is 0.277. The van der Waals surface area contributed by atoms with Gasteiger partial charge in [-0.25, -0.2) is 0 Å². The number of hydrogen-bond donors (Lipinski definition) is 2. The van der Waals surface area contributed by atoms with E-state index in [4.69, 9.17) is 5.73 Å². The molecule has 3 rings (SSSR count). The molecule has 1 unspecified atom stereocenters. The highest BCUT2D eigenvalue weighted by Gasteiger charge is 2.19. The molecule has 2 aromatic carbocycles. The summed E-state index contributed by atoms with van der Waals surface area (Å²) >= 11 is 0. The van der Waals surface area contributed by atoms with Gasteiger partial charge in [0.05, 0.1) is 6.42 Å². The van der Waals surface area contributed by atoms with Gasteiger partial charge in [0.1, 0.15) is 0 Å². The number of rotatable bonds is 4. The summed E-state index contributed by atoms with van der Waals surface area (Å²) in [6.07, 6.45) is 3.51. The molecule has 1 heterocycles. The molecule has 0 saturated heterocycles. The monoisotopic (exact) mass is 294 g/mol. The van der Waals surface area contributed by atoms with Gasteiger partial charge in [0.15, 0.2) is 0 Å². The van der Waals surface area contributed by atoms with Crippen molar-refractivity contribution < 1.29 is 4.79 Å². The molecule has 1 atom stereocenters. The smallest absolute Gasteiger partial charge is 0.221 e. The third-order valence-electron chi connectivity index (χ3n) is 4.26. The van der Waals surface area contributed by atoms with Crippen molar-refractivity contribution in [2.75, 3.05) is 6.54 Å². The van der Waals surface area contributed by atoms with Crippen molar-refractivity contribution in [1.29, 1.82) is 0 Å². The molecular weight excluding hydrogens is 272 g/mol. The Kier molecular flexibility index (Phi) is 4.54. The first-order valence-corrected chi connectivity index (χ1v) is 7.89. The number of nitrogens with two attached hydrogens (primary N) is 1. The fourth-order valence-electron chi connectivity index (χ4n) is 3.20. The summed E-state index contributed by atoms with van der Waals surface area (Å²) in [5.74, 6) is -0.277. The highest BCUT2D eigenvalue weighted by atomic mass is 16.1. The number of benzene rings is 2. The fraction of sp³-hybridized carbons (Fsp3) is 0.316. The van der Waals surface area contributed by atoms with E-state index in [0.717, 1.165) is 31.4 Å². The van der Waals surface area contributed by atoms with Gasteiger partial charge >= 0.3 is 0 Å². The zero-order valence-electron chi connectivity index (χ0n) is 12.7. The zero-order valence-corrected chi connectivity index (χ0v) is 12.7. The lowest BCUT2D eigenvalue weighted by molar-refractivity contribution is -0.117. The summed E-state index contributed by atoms with van der Waals surface area (Å²) in [4.78, 5) is 11.2. The molecule has 0 saturated carbocycles. The van der Waals surface area contributed by atoms with Crippen LogP contribution >= 0.6 is 0 Å². The van der Waals surface area contributed by atoms with Crippen LogP contribution in [-0.4, -0.2) is 12.5 Å². The van der Waals surface area contributed by atoms with Gasteiger partial charge in [0, 0.05) is 6.04 Å². The Morgan fingerprint density at radius 2 is 1.95 bits per heavy atom. The van der Waals surface area contributed by atoms with Crippen LogP contribution in [0.4, 0.5) is 0 Å². The first-order chi connectivity index (χ1) is 10.7. The minimum Gasteiger partial charge on any atom is -0.369 e. The third kappa shape index (κ3) is 3.55. The van der Waals surface area contributed by atoms with E-state index in [2.05, 4.69) is 41.7 Å². The van der Waals surface area contributed by atoms with E-state index in [1.165, 1.54) is 16.7 Å². The average molecular weight is 294 g/mol. The Labute approximate surface area is 131 Å². The van der Waals surface area contributed by atoms with Gasteiger partial charge in [-0.3, -0.25) is 4.79 Å². The zero-order chi connectivity index (χ0) is 15.4. The predicted octanol–water partition coefficient (Wildman–Crippen LogP) is 2.53. The minimum atomic E-state index is -0.277. The summed E-state index contributed by atoms with van der Waals surface area (Å²) in [5.41, 5.74) is 10.4. The number of hydrogen-bond acceptors (Lipinski definition) is 2. The van der Waals surface area contributed by atoms with E-state index in [9.17, 15) is 4.79 Å². The van der Waals surface area contributed by atoms with Crippen molar-refractivity contribution in [3.05, 3.63) is 70.8 Å². The quantitative estimate of drug-likeness (QED) is 0.910. The van der Waals surface area contributed by atoms with Crippen LogP contribution in [-0.2, 0) is 24.1 Å². The summed E-state index contributed by atoms with van der Waals surface area (Å²) in [5, 5.41) is 3.65. The van der Waals surface area contributed by atoms with Crippen LogP contribution in [0, 0.1) is 0 Å². The normalized spacial score (nSPS) is 17.5. The van der Waals surface area contributed by atoms with E-state index in [0.29, 0.717) is 12.5 Å². The van der Waals surface area contributed by atoms with Crippen molar-refractivity contribution in [2.24, 2.45) is 5.73 Å². The van der Waals surface area contributed by atoms with E-state index < -0.39 is 0 Å². The number of carbonyl (C=O) groups is 1. The summed E-state index contributed by atoms with van der Waals surface area (Å²) in [6.45, 7) is 1.03. The summed E-state index contributed by atoms with van der Waals surface area (Å²) in [6, 6.07) is 17.2. The molecule has 1 aliphatic heterocycles. The van der Waals surface area contributed by atoms with E-state index >= 15 is 0 Å². The van der Waals surface area contributed by atoms with E-state index in [1.54, 1.807) is 0 Å². The second-order valence-electron chi connectivity index (χ2n) is 5.98. The van der Waals surface area contributed by atoms with Gasteiger partial charge in [-0.05, 0) is 48.1 Å². The average Bonchev–Trinajstić information content (AvgIpc) is 2.70. The van der Waals surface area contributed by atoms with Gasteiger partial charge < -0.3 is 11.1 Å². The second-order valence-corrected chi connectivity index (χ2v) is 5.98. The Morgan fingerprint density at radius 3 is 2.73 bits per heavy atom. The highest BCUT2D eigenvalue weighted by Crippen LogP contribution is 2.27. The molecule has 0 aliphatic carbocycles. The topological polar surface area (TPSA) is 55.1 Å². The maximum absolute atomic E-state index is 11.2. The molecule has 2 aromatic rings. The lowest BCUT2D eigenvalue weighted by Crippen LogP contribution is -2.23. The first-order valence-electron chi connectivity index (χ1n) is 7.89. The Balaban J connectivity index is 1.90. The first kappa shape index (κ1) is 14.8. The van der Waals surface area contributed by atoms with Gasteiger partial charge in [-0.2, -0.15) is 0 Å². The van der Waals surface area contributed by atoms with Crippen LogP contribution in [0.2, 0.25) is 0 Å². The Morgan fingerprint density at radius 1 is 1.14 bits per heavy atom. The number of primary amides is 1. The Bertz CT molecular complexity index is 652. The van der Waals surface area contributed by atoms with Crippen LogP contribution in [0.15, 0.2) is 48.5 Å². The predicted molar refractivity (Wildman–Crippen MR) is 88.6 cm³/mol. The maximum Gasteiger partial charge on any atom is 0.221 e. The number of carbonyl (C=O) groups excluding carboxylic acids is 1. The van der Waals surface area contributed by atoms with Crippen molar-refractivity contribution in [3.63, 3.8) is 0 Å². The summed E-state index contributed by atoms with van der Waals surface area (Å²) < 4.78 is 0. The van der Waals surface area contributed by atoms with Gasteiger partial charge in [0.2, 0.25) is 5.91 Å². The standard InChI is InChI=1S/C19H22N2O/c20-19(22)13-15-8-9-16-7-4-10-21-18(17(16)11-15)12-14-5-2-1-3-6-14/h1-3,5-6,8-9,11,18,21H,4,7,10,12-13H2,(H2,20,22). The van der Waals surface area contributed by atoms with Crippen LogP contribution in [0.1, 0.15) is 34.7 Å².